The highest BCUT2D eigenvalue weighted by molar-refractivity contribution is 5.78. The molecular weight excluding hydrogens is 335 g/mol. The van der Waals surface area contributed by atoms with Crippen molar-refractivity contribution < 1.29 is 18.7 Å². The number of amides is 1. The van der Waals surface area contributed by atoms with Crippen LogP contribution in [0, 0.1) is 17.7 Å². The van der Waals surface area contributed by atoms with E-state index in [9.17, 15) is 9.18 Å². The molecule has 5 nitrogen and oxygen atoms in total. The van der Waals surface area contributed by atoms with Gasteiger partial charge in [-0.05, 0) is 55.2 Å². The third-order valence-electron chi connectivity index (χ3n) is 5.24. The van der Waals surface area contributed by atoms with Gasteiger partial charge < -0.3 is 14.4 Å². The number of pyridine rings is 1. The zero-order valence-corrected chi connectivity index (χ0v) is 14.4. The first-order valence-electron chi connectivity index (χ1n) is 8.92. The number of carbonyl (C=O) groups excluding carboxylic acids is 1. The van der Waals surface area contributed by atoms with Gasteiger partial charge in [-0.15, -0.1) is 0 Å². The molecule has 1 aromatic heterocycles. The lowest BCUT2D eigenvalue weighted by molar-refractivity contribution is -0.132. The highest BCUT2D eigenvalue weighted by Crippen LogP contribution is 2.40. The standard InChI is InChI=1S/C20H21FN2O3/c21-15-4-6-16(7-5-15)25-13-20(24)23-11-14-3-8-19(18(14)12-23)26-17-2-1-9-22-10-17/h1-2,4-7,9-10,14,18-19H,3,8,11-13H2/t14-,18+,19+/m1/s1. The third-order valence-corrected chi connectivity index (χ3v) is 5.24. The molecule has 3 atom stereocenters. The van der Waals surface area contributed by atoms with E-state index < -0.39 is 0 Å². The summed E-state index contributed by atoms with van der Waals surface area (Å²) in [5.41, 5.74) is 0. The maximum atomic E-state index is 12.9. The number of rotatable bonds is 5. The molecule has 0 unspecified atom stereocenters. The molecule has 1 saturated carbocycles. The molecule has 2 heterocycles. The van der Waals surface area contributed by atoms with Crippen LogP contribution in [0.3, 0.4) is 0 Å². The van der Waals surface area contributed by atoms with E-state index in [0.717, 1.165) is 25.1 Å². The van der Waals surface area contributed by atoms with Crippen molar-refractivity contribution in [3.8, 4) is 11.5 Å². The summed E-state index contributed by atoms with van der Waals surface area (Å²) in [6, 6.07) is 9.47. The Hall–Kier alpha value is -2.63. The first kappa shape index (κ1) is 16.8. The summed E-state index contributed by atoms with van der Waals surface area (Å²) in [5.74, 6) is 1.75. The van der Waals surface area contributed by atoms with Crippen molar-refractivity contribution in [1.82, 2.24) is 9.88 Å². The third kappa shape index (κ3) is 3.64. The van der Waals surface area contributed by atoms with Crippen LogP contribution in [0.2, 0.25) is 0 Å². The summed E-state index contributed by atoms with van der Waals surface area (Å²) in [6.45, 7) is 1.42. The van der Waals surface area contributed by atoms with E-state index >= 15 is 0 Å². The molecular formula is C20H21FN2O3. The zero-order valence-electron chi connectivity index (χ0n) is 14.4. The normalized spacial score (nSPS) is 24.3. The Balaban J connectivity index is 1.31. The maximum Gasteiger partial charge on any atom is 0.260 e. The van der Waals surface area contributed by atoms with Crippen molar-refractivity contribution in [2.75, 3.05) is 19.7 Å². The van der Waals surface area contributed by atoms with Crippen molar-refractivity contribution in [1.29, 1.82) is 0 Å². The van der Waals surface area contributed by atoms with Crippen LogP contribution >= 0.6 is 0 Å². The highest BCUT2D eigenvalue weighted by atomic mass is 19.1. The number of nitrogens with zero attached hydrogens (tertiary/aromatic N) is 2. The van der Waals surface area contributed by atoms with E-state index in [2.05, 4.69) is 4.98 Å². The molecule has 1 aliphatic carbocycles. The molecule has 2 fully saturated rings. The van der Waals surface area contributed by atoms with Gasteiger partial charge in [-0.1, -0.05) is 0 Å². The second-order valence-electron chi connectivity index (χ2n) is 6.89. The van der Waals surface area contributed by atoms with Gasteiger partial charge in [0.15, 0.2) is 6.61 Å². The van der Waals surface area contributed by atoms with Gasteiger partial charge in [0.05, 0.1) is 6.20 Å². The monoisotopic (exact) mass is 356 g/mol. The summed E-state index contributed by atoms with van der Waals surface area (Å²) in [5, 5.41) is 0. The second kappa shape index (κ2) is 7.32. The van der Waals surface area contributed by atoms with E-state index in [0.29, 0.717) is 24.1 Å². The van der Waals surface area contributed by atoms with Gasteiger partial charge in [0.2, 0.25) is 0 Å². The molecule has 136 valence electrons. The fourth-order valence-electron chi connectivity index (χ4n) is 3.92. The Morgan fingerprint density at radius 3 is 2.77 bits per heavy atom. The van der Waals surface area contributed by atoms with Crippen LogP contribution in [-0.2, 0) is 4.79 Å². The lowest BCUT2D eigenvalue weighted by Crippen LogP contribution is -2.35. The number of halogens is 1. The molecule has 0 bridgehead atoms. The van der Waals surface area contributed by atoms with Crippen molar-refractivity contribution in [3.05, 3.63) is 54.6 Å². The van der Waals surface area contributed by atoms with Gasteiger partial charge in [-0.2, -0.15) is 0 Å². The van der Waals surface area contributed by atoms with E-state index in [1.807, 2.05) is 17.0 Å². The molecule has 6 heteroatoms. The largest absolute Gasteiger partial charge is 0.488 e. The molecule has 1 saturated heterocycles. The number of aromatic nitrogens is 1. The van der Waals surface area contributed by atoms with Crippen LogP contribution in [0.1, 0.15) is 12.8 Å². The van der Waals surface area contributed by atoms with Crippen molar-refractivity contribution in [2.24, 2.45) is 11.8 Å². The fraction of sp³-hybridized carbons (Fsp3) is 0.400. The molecule has 26 heavy (non-hydrogen) atoms. The summed E-state index contributed by atoms with van der Waals surface area (Å²) >= 11 is 0. The van der Waals surface area contributed by atoms with Crippen molar-refractivity contribution in [3.63, 3.8) is 0 Å². The minimum absolute atomic E-state index is 0.0286. The lowest BCUT2D eigenvalue weighted by Gasteiger charge is -2.22. The van der Waals surface area contributed by atoms with Gasteiger partial charge in [-0.3, -0.25) is 9.78 Å². The van der Waals surface area contributed by atoms with Crippen LogP contribution in [0.25, 0.3) is 0 Å². The predicted octanol–water partition coefficient (Wildman–Crippen LogP) is 2.92. The number of hydrogen-bond acceptors (Lipinski definition) is 4. The Labute approximate surface area is 151 Å². The molecule has 2 aromatic rings. The first-order chi connectivity index (χ1) is 12.7. The average Bonchev–Trinajstić information content (AvgIpc) is 3.24. The van der Waals surface area contributed by atoms with Gasteiger partial charge in [-0.25, -0.2) is 4.39 Å². The van der Waals surface area contributed by atoms with Crippen LogP contribution in [0.4, 0.5) is 4.39 Å². The van der Waals surface area contributed by atoms with E-state index in [1.54, 1.807) is 12.4 Å². The van der Waals surface area contributed by atoms with Crippen LogP contribution < -0.4 is 9.47 Å². The Kier molecular flexibility index (Phi) is 4.73. The molecule has 0 N–H and O–H groups in total. The number of ether oxygens (including phenoxy) is 2. The number of benzene rings is 1. The molecule has 0 radical (unpaired) electrons. The van der Waals surface area contributed by atoms with Crippen LogP contribution in [0.15, 0.2) is 48.8 Å². The minimum atomic E-state index is -0.323. The van der Waals surface area contributed by atoms with Crippen molar-refractivity contribution in [2.45, 2.75) is 18.9 Å². The lowest BCUT2D eigenvalue weighted by atomic mass is 9.99. The quantitative estimate of drug-likeness (QED) is 0.827. The Bertz CT molecular complexity index is 753. The van der Waals surface area contributed by atoms with E-state index in [4.69, 9.17) is 9.47 Å². The summed E-state index contributed by atoms with van der Waals surface area (Å²) < 4.78 is 24.5. The van der Waals surface area contributed by atoms with Crippen LogP contribution in [0.5, 0.6) is 11.5 Å². The second-order valence-corrected chi connectivity index (χ2v) is 6.89. The Morgan fingerprint density at radius 1 is 1.15 bits per heavy atom. The smallest absolute Gasteiger partial charge is 0.260 e. The summed E-state index contributed by atoms with van der Waals surface area (Å²) in [4.78, 5) is 18.4. The minimum Gasteiger partial charge on any atom is -0.488 e. The molecule has 0 spiro atoms. The predicted molar refractivity (Wildman–Crippen MR) is 93.3 cm³/mol. The van der Waals surface area contributed by atoms with Gasteiger partial charge >= 0.3 is 0 Å². The van der Waals surface area contributed by atoms with E-state index in [1.165, 1.54) is 24.3 Å². The molecule has 1 aromatic carbocycles. The Morgan fingerprint density at radius 2 is 2.00 bits per heavy atom. The molecule has 1 aliphatic heterocycles. The number of likely N-dealkylation sites (tertiary alicyclic amines) is 1. The van der Waals surface area contributed by atoms with Crippen LogP contribution in [-0.4, -0.2) is 41.6 Å². The molecule has 4 rings (SSSR count). The number of fused-ring (bicyclic) bond motifs is 1. The average molecular weight is 356 g/mol. The topological polar surface area (TPSA) is 51.7 Å². The van der Waals surface area contributed by atoms with Crippen molar-refractivity contribution >= 4 is 5.91 Å². The maximum absolute atomic E-state index is 12.9. The van der Waals surface area contributed by atoms with Gasteiger partial charge in [0.1, 0.15) is 23.4 Å². The highest BCUT2D eigenvalue weighted by Gasteiger charge is 2.45. The first-order valence-corrected chi connectivity index (χ1v) is 8.92. The fourth-order valence-corrected chi connectivity index (χ4v) is 3.92. The number of hydrogen-bond donors (Lipinski definition) is 0. The number of carbonyl (C=O) groups is 1. The van der Waals surface area contributed by atoms with E-state index in [-0.39, 0.29) is 24.4 Å². The summed E-state index contributed by atoms with van der Waals surface area (Å²) in [7, 11) is 0. The summed E-state index contributed by atoms with van der Waals surface area (Å²) in [6.07, 6.45) is 5.65. The van der Waals surface area contributed by atoms with Gasteiger partial charge in [0, 0.05) is 25.2 Å². The molecule has 1 amide bonds. The van der Waals surface area contributed by atoms with Gasteiger partial charge in [0.25, 0.3) is 5.91 Å². The molecule has 2 aliphatic rings. The SMILES string of the molecule is O=C(COc1ccc(F)cc1)N1C[C@H]2CC[C@H](Oc3cccnc3)[C@H]2C1. The zero-order chi connectivity index (χ0) is 17.9.